The molecule has 1 aromatic heterocycles. The molecule has 0 aliphatic carbocycles. The van der Waals surface area contributed by atoms with Gasteiger partial charge in [0.05, 0.1) is 16.4 Å². The van der Waals surface area contributed by atoms with Gasteiger partial charge in [-0.2, -0.15) is 0 Å². The summed E-state index contributed by atoms with van der Waals surface area (Å²) in [7, 11) is 1.97. The SMILES string of the molecule is CSc1cccc(N(C)Cc2ccc(Cl)s2)c1/C(N)=N/O. The van der Waals surface area contributed by atoms with Crippen molar-refractivity contribution < 1.29 is 5.21 Å². The molecule has 0 spiro atoms. The van der Waals surface area contributed by atoms with Crippen molar-refractivity contribution in [2.24, 2.45) is 10.9 Å². The van der Waals surface area contributed by atoms with Crippen molar-refractivity contribution in [2.75, 3.05) is 18.2 Å². The lowest BCUT2D eigenvalue weighted by Crippen LogP contribution is -2.23. The fourth-order valence-electron chi connectivity index (χ4n) is 2.07. The Morgan fingerprint density at radius 3 is 2.76 bits per heavy atom. The summed E-state index contributed by atoms with van der Waals surface area (Å²) in [5, 5.41) is 12.2. The number of anilines is 1. The first-order chi connectivity index (χ1) is 10.1. The van der Waals surface area contributed by atoms with Crippen LogP contribution in [0.3, 0.4) is 0 Å². The van der Waals surface area contributed by atoms with Gasteiger partial charge in [-0.1, -0.05) is 22.8 Å². The van der Waals surface area contributed by atoms with E-state index in [1.807, 2.05) is 43.6 Å². The van der Waals surface area contributed by atoms with Crippen LogP contribution in [-0.4, -0.2) is 24.3 Å². The first-order valence-electron chi connectivity index (χ1n) is 6.17. The molecule has 0 radical (unpaired) electrons. The number of halogens is 1. The van der Waals surface area contributed by atoms with Gasteiger partial charge < -0.3 is 15.8 Å². The molecule has 4 nitrogen and oxygen atoms in total. The predicted octanol–water partition coefficient (Wildman–Crippen LogP) is 3.85. The van der Waals surface area contributed by atoms with Crippen LogP contribution in [0.4, 0.5) is 5.69 Å². The molecule has 0 bridgehead atoms. The topological polar surface area (TPSA) is 61.8 Å². The molecule has 0 aliphatic rings. The largest absolute Gasteiger partial charge is 0.409 e. The fourth-order valence-corrected chi connectivity index (χ4v) is 3.84. The smallest absolute Gasteiger partial charge is 0.173 e. The summed E-state index contributed by atoms with van der Waals surface area (Å²) in [4.78, 5) is 4.19. The van der Waals surface area contributed by atoms with Gasteiger partial charge in [-0.15, -0.1) is 23.1 Å². The van der Waals surface area contributed by atoms with E-state index in [0.717, 1.165) is 25.4 Å². The third-order valence-corrected chi connectivity index (χ3v) is 5.02. The van der Waals surface area contributed by atoms with Gasteiger partial charge in [0.25, 0.3) is 0 Å². The van der Waals surface area contributed by atoms with Crippen LogP contribution < -0.4 is 10.6 Å². The molecule has 1 aromatic carbocycles. The van der Waals surface area contributed by atoms with Gasteiger partial charge in [0.2, 0.25) is 0 Å². The minimum atomic E-state index is 0.117. The Bertz CT molecular complexity index is 657. The van der Waals surface area contributed by atoms with Crippen molar-refractivity contribution in [3.8, 4) is 0 Å². The van der Waals surface area contributed by atoms with Crippen LogP contribution in [0, 0.1) is 0 Å². The maximum atomic E-state index is 9.03. The maximum Gasteiger partial charge on any atom is 0.173 e. The molecule has 0 saturated heterocycles. The molecule has 3 N–H and O–H groups in total. The summed E-state index contributed by atoms with van der Waals surface area (Å²) in [6, 6.07) is 9.77. The average Bonchev–Trinajstić information content (AvgIpc) is 2.90. The van der Waals surface area contributed by atoms with E-state index in [1.54, 1.807) is 23.1 Å². The second-order valence-corrected chi connectivity index (χ2v) is 7.05. The zero-order valence-electron chi connectivity index (χ0n) is 11.7. The molecule has 112 valence electrons. The number of amidine groups is 1. The number of oxime groups is 1. The van der Waals surface area contributed by atoms with Gasteiger partial charge in [-0.3, -0.25) is 0 Å². The van der Waals surface area contributed by atoms with Crippen LogP contribution >= 0.6 is 34.7 Å². The van der Waals surface area contributed by atoms with Crippen molar-refractivity contribution in [1.82, 2.24) is 0 Å². The highest BCUT2D eigenvalue weighted by molar-refractivity contribution is 7.98. The second-order valence-electron chi connectivity index (χ2n) is 4.40. The molecule has 7 heteroatoms. The highest BCUT2D eigenvalue weighted by Crippen LogP contribution is 2.31. The third-order valence-electron chi connectivity index (χ3n) is 3.02. The van der Waals surface area contributed by atoms with Crippen LogP contribution in [0.15, 0.2) is 40.4 Å². The van der Waals surface area contributed by atoms with Gasteiger partial charge in [-0.05, 0) is 30.5 Å². The molecular formula is C14H16ClN3OS2. The lowest BCUT2D eigenvalue weighted by atomic mass is 10.1. The van der Waals surface area contributed by atoms with E-state index in [9.17, 15) is 0 Å². The molecule has 0 fully saturated rings. The minimum Gasteiger partial charge on any atom is -0.409 e. The van der Waals surface area contributed by atoms with Crippen molar-refractivity contribution in [2.45, 2.75) is 11.4 Å². The first kappa shape index (κ1) is 16.0. The quantitative estimate of drug-likeness (QED) is 0.285. The highest BCUT2D eigenvalue weighted by Gasteiger charge is 2.16. The average molecular weight is 342 g/mol. The summed E-state index contributed by atoms with van der Waals surface area (Å²) in [5.41, 5.74) is 7.51. The molecular weight excluding hydrogens is 326 g/mol. The molecule has 0 atom stereocenters. The summed E-state index contributed by atoms with van der Waals surface area (Å²) in [6.07, 6.45) is 1.96. The molecule has 0 aliphatic heterocycles. The summed E-state index contributed by atoms with van der Waals surface area (Å²) in [6.45, 7) is 0.709. The van der Waals surface area contributed by atoms with Crippen LogP contribution in [-0.2, 0) is 6.54 Å². The number of nitrogens with two attached hydrogens (primary N) is 1. The Hall–Kier alpha value is -1.37. The standard InChI is InChI=1S/C14H16ClN3OS2/c1-18(8-9-6-7-12(15)21-9)10-4-3-5-11(20-2)13(10)14(16)17-19/h3-7,19H,8H2,1-2H3,(H2,16,17). The number of benzene rings is 1. The van der Waals surface area contributed by atoms with Gasteiger partial charge in [0.15, 0.2) is 5.84 Å². The molecule has 1 heterocycles. The predicted molar refractivity (Wildman–Crippen MR) is 92.2 cm³/mol. The summed E-state index contributed by atoms with van der Waals surface area (Å²) < 4.78 is 0.771. The Balaban J connectivity index is 2.38. The molecule has 0 amide bonds. The number of rotatable bonds is 5. The van der Waals surface area contributed by atoms with E-state index in [2.05, 4.69) is 10.1 Å². The van der Waals surface area contributed by atoms with E-state index in [4.69, 9.17) is 22.5 Å². The van der Waals surface area contributed by atoms with Crippen LogP contribution in [0.1, 0.15) is 10.4 Å². The fraction of sp³-hybridized carbons (Fsp3) is 0.214. The Morgan fingerprint density at radius 1 is 1.43 bits per heavy atom. The van der Waals surface area contributed by atoms with Gasteiger partial charge in [0.1, 0.15) is 0 Å². The second kappa shape index (κ2) is 7.06. The zero-order valence-corrected chi connectivity index (χ0v) is 14.1. The summed E-state index contributed by atoms with van der Waals surface area (Å²) >= 11 is 9.08. The number of hydrogen-bond acceptors (Lipinski definition) is 5. The first-order valence-corrected chi connectivity index (χ1v) is 8.59. The zero-order chi connectivity index (χ0) is 15.4. The van der Waals surface area contributed by atoms with Gasteiger partial charge in [0, 0.05) is 22.5 Å². The number of hydrogen-bond donors (Lipinski definition) is 2. The molecule has 0 unspecified atom stereocenters. The Labute approximate surface area is 137 Å². The van der Waals surface area contributed by atoms with Gasteiger partial charge in [-0.25, -0.2) is 0 Å². The number of nitrogens with zero attached hydrogens (tertiary/aromatic N) is 2. The Kier molecular flexibility index (Phi) is 5.39. The third kappa shape index (κ3) is 3.64. The molecule has 2 rings (SSSR count). The van der Waals surface area contributed by atoms with Crippen molar-refractivity contribution in [1.29, 1.82) is 0 Å². The maximum absolute atomic E-state index is 9.03. The molecule has 2 aromatic rings. The minimum absolute atomic E-state index is 0.117. The van der Waals surface area contributed by atoms with E-state index in [-0.39, 0.29) is 5.84 Å². The number of thiophene rings is 1. The lowest BCUT2D eigenvalue weighted by Gasteiger charge is -2.23. The van der Waals surface area contributed by atoms with Gasteiger partial charge >= 0.3 is 0 Å². The molecule has 0 saturated carbocycles. The Morgan fingerprint density at radius 2 is 2.19 bits per heavy atom. The lowest BCUT2D eigenvalue weighted by molar-refractivity contribution is 0.318. The van der Waals surface area contributed by atoms with E-state index in [0.29, 0.717) is 6.54 Å². The van der Waals surface area contributed by atoms with Crippen LogP contribution in [0.5, 0.6) is 0 Å². The normalized spacial score (nSPS) is 11.7. The summed E-state index contributed by atoms with van der Waals surface area (Å²) in [5.74, 6) is 0.117. The van der Waals surface area contributed by atoms with Crippen molar-refractivity contribution in [3.63, 3.8) is 0 Å². The van der Waals surface area contributed by atoms with E-state index < -0.39 is 0 Å². The van der Waals surface area contributed by atoms with E-state index in [1.165, 1.54) is 0 Å². The van der Waals surface area contributed by atoms with Crippen LogP contribution in [0.2, 0.25) is 4.34 Å². The van der Waals surface area contributed by atoms with Crippen LogP contribution in [0.25, 0.3) is 0 Å². The van der Waals surface area contributed by atoms with E-state index >= 15 is 0 Å². The number of thioether (sulfide) groups is 1. The van der Waals surface area contributed by atoms with Crippen molar-refractivity contribution in [3.05, 3.63) is 45.1 Å². The van der Waals surface area contributed by atoms with Crippen molar-refractivity contribution >= 4 is 46.2 Å². The highest BCUT2D eigenvalue weighted by atomic mass is 35.5. The molecule has 21 heavy (non-hydrogen) atoms. The monoisotopic (exact) mass is 341 g/mol.